The summed E-state index contributed by atoms with van der Waals surface area (Å²) in [6, 6.07) is 11.7. The number of carbonyl (C=O) groups is 2. The molecule has 0 unspecified atom stereocenters. The fourth-order valence-electron chi connectivity index (χ4n) is 2.47. The number of rotatable bonds is 6. The second kappa shape index (κ2) is 8.05. The number of amides is 2. The maximum absolute atomic E-state index is 12.2. The van der Waals surface area contributed by atoms with Gasteiger partial charge in [0.1, 0.15) is 0 Å². The average Bonchev–Trinajstić information content (AvgIpc) is 2.60. The first-order valence-corrected chi connectivity index (χ1v) is 7.84. The van der Waals surface area contributed by atoms with E-state index in [0.717, 1.165) is 12.0 Å². The van der Waals surface area contributed by atoms with E-state index in [1.165, 1.54) is 25.1 Å². The van der Waals surface area contributed by atoms with Gasteiger partial charge in [0.2, 0.25) is 5.91 Å². The minimum Gasteiger partial charge on any atom is -0.343 e. The molecular weight excluding hydrogens is 322 g/mol. The van der Waals surface area contributed by atoms with Crippen LogP contribution in [0.4, 0.5) is 11.4 Å². The van der Waals surface area contributed by atoms with E-state index < -0.39 is 10.8 Å². The summed E-state index contributed by atoms with van der Waals surface area (Å²) in [5, 5.41) is 16.2. The third-order valence-electron chi connectivity index (χ3n) is 3.83. The second-order valence-corrected chi connectivity index (χ2v) is 5.45. The zero-order valence-corrected chi connectivity index (χ0v) is 14.0. The summed E-state index contributed by atoms with van der Waals surface area (Å²) in [5.74, 6) is -0.891. The highest BCUT2D eigenvalue weighted by Gasteiger charge is 2.18. The van der Waals surface area contributed by atoms with Crippen LogP contribution in [0.1, 0.15) is 28.4 Å². The van der Waals surface area contributed by atoms with E-state index in [2.05, 4.69) is 10.6 Å². The first-order chi connectivity index (χ1) is 11.9. The topological polar surface area (TPSA) is 101 Å². The predicted octanol–water partition coefficient (Wildman–Crippen LogP) is 2.83. The number of hydrogen-bond donors (Lipinski definition) is 2. The number of nitrogens with zero attached hydrogens (tertiary/aromatic N) is 1. The van der Waals surface area contributed by atoms with Crippen LogP contribution in [0.2, 0.25) is 0 Å². The van der Waals surface area contributed by atoms with Crippen molar-refractivity contribution in [1.29, 1.82) is 0 Å². The molecule has 0 aliphatic heterocycles. The van der Waals surface area contributed by atoms with Gasteiger partial charge in [-0.1, -0.05) is 31.2 Å². The molecule has 2 rings (SSSR count). The van der Waals surface area contributed by atoms with Gasteiger partial charge in [0, 0.05) is 22.9 Å². The number of benzene rings is 2. The van der Waals surface area contributed by atoms with Crippen molar-refractivity contribution in [3.8, 4) is 0 Å². The molecule has 0 aliphatic carbocycles. The highest BCUT2D eigenvalue weighted by Crippen LogP contribution is 2.21. The van der Waals surface area contributed by atoms with E-state index in [-0.39, 0.29) is 29.3 Å². The maximum atomic E-state index is 12.2. The van der Waals surface area contributed by atoms with Crippen LogP contribution in [0, 0.1) is 17.0 Å². The van der Waals surface area contributed by atoms with E-state index in [1.807, 2.05) is 25.1 Å². The van der Waals surface area contributed by atoms with E-state index in [4.69, 9.17) is 0 Å². The highest BCUT2D eigenvalue weighted by atomic mass is 16.6. The summed E-state index contributed by atoms with van der Waals surface area (Å²) < 4.78 is 0. The second-order valence-electron chi connectivity index (χ2n) is 5.45. The molecule has 0 aliphatic rings. The fraction of sp³-hybridized carbons (Fsp3) is 0.222. The Morgan fingerprint density at radius 3 is 2.52 bits per heavy atom. The van der Waals surface area contributed by atoms with Crippen LogP contribution < -0.4 is 10.6 Å². The first-order valence-electron chi connectivity index (χ1n) is 7.84. The predicted molar refractivity (Wildman–Crippen MR) is 94.6 cm³/mol. The Labute approximate surface area is 145 Å². The molecule has 2 N–H and O–H groups in total. The zero-order chi connectivity index (χ0) is 18.4. The lowest BCUT2D eigenvalue weighted by Gasteiger charge is -2.11. The smallest absolute Gasteiger partial charge is 0.273 e. The monoisotopic (exact) mass is 341 g/mol. The molecular formula is C18H19N3O4. The lowest BCUT2D eigenvalue weighted by atomic mass is 10.1. The SMILES string of the molecule is CCc1ccccc1NC(=O)CNC(=O)c1cccc([N+](=O)[O-])c1C. The molecule has 0 atom stereocenters. The van der Waals surface area contributed by atoms with Gasteiger partial charge in [-0.15, -0.1) is 0 Å². The molecule has 2 aromatic carbocycles. The molecule has 0 saturated heterocycles. The van der Waals surface area contributed by atoms with Crippen molar-refractivity contribution in [2.24, 2.45) is 0 Å². The van der Waals surface area contributed by atoms with Crippen molar-refractivity contribution in [2.45, 2.75) is 20.3 Å². The van der Waals surface area contributed by atoms with Crippen LogP contribution >= 0.6 is 0 Å². The lowest BCUT2D eigenvalue weighted by Crippen LogP contribution is -2.33. The van der Waals surface area contributed by atoms with Gasteiger partial charge >= 0.3 is 0 Å². The Morgan fingerprint density at radius 1 is 1.12 bits per heavy atom. The number of hydrogen-bond acceptors (Lipinski definition) is 4. The van der Waals surface area contributed by atoms with Crippen molar-refractivity contribution < 1.29 is 14.5 Å². The van der Waals surface area contributed by atoms with Crippen LogP contribution in [0.3, 0.4) is 0 Å². The van der Waals surface area contributed by atoms with Crippen LogP contribution in [0.25, 0.3) is 0 Å². The molecule has 0 bridgehead atoms. The van der Waals surface area contributed by atoms with Gasteiger partial charge in [0.05, 0.1) is 11.5 Å². The highest BCUT2D eigenvalue weighted by molar-refractivity contribution is 6.00. The summed E-state index contributed by atoms with van der Waals surface area (Å²) in [4.78, 5) is 34.6. The molecule has 0 fully saturated rings. The Morgan fingerprint density at radius 2 is 1.84 bits per heavy atom. The van der Waals surface area contributed by atoms with Crippen molar-refractivity contribution in [1.82, 2.24) is 5.32 Å². The molecule has 2 aromatic rings. The van der Waals surface area contributed by atoms with Gasteiger partial charge < -0.3 is 10.6 Å². The molecule has 0 saturated carbocycles. The summed E-state index contributed by atoms with van der Waals surface area (Å²) in [6.45, 7) is 3.27. The molecule has 2 amide bonds. The van der Waals surface area contributed by atoms with Gasteiger partial charge in [-0.25, -0.2) is 0 Å². The van der Waals surface area contributed by atoms with E-state index in [1.54, 1.807) is 6.07 Å². The van der Waals surface area contributed by atoms with Gasteiger partial charge in [0.25, 0.3) is 11.6 Å². The Kier molecular flexibility index (Phi) is 5.84. The largest absolute Gasteiger partial charge is 0.343 e. The summed E-state index contributed by atoms with van der Waals surface area (Å²) >= 11 is 0. The summed E-state index contributed by atoms with van der Waals surface area (Å²) in [5.41, 5.74) is 2.01. The van der Waals surface area contributed by atoms with Crippen molar-refractivity contribution in [3.63, 3.8) is 0 Å². The first kappa shape index (κ1) is 18.1. The lowest BCUT2D eigenvalue weighted by molar-refractivity contribution is -0.385. The van der Waals surface area contributed by atoms with Crippen LogP contribution in [-0.2, 0) is 11.2 Å². The molecule has 0 radical (unpaired) electrons. The fourth-order valence-corrected chi connectivity index (χ4v) is 2.47. The normalized spacial score (nSPS) is 10.2. The number of carbonyl (C=O) groups excluding carboxylic acids is 2. The average molecular weight is 341 g/mol. The minimum absolute atomic E-state index is 0.131. The van der Waals surface area contributed by atoms with Crippen LogP contribution in [-0.4, -0.2) is 23.3 Å². The maximum Gasteiger partial charge on any atom is 0.273 e. The van der Waals surface area contributed by atoms with Crippen molar-refractivity contribution in [2.75, 3.05) is 11.9 Å². The van der Waals surface area contributed by atoms with Crippen molar-refractivity contribution in [3.05, 3.63) is 69.3 Å². The molecule has 0 heterocycles. The van der Waals surface area contributed by atoms with E-state index in [0.29, 0.717) is 5.69 Å². The van der Waals surface area contributed by atoms with Gasteiger partial charge in [-0.3, -0.25) is 19.7 Å². The van der Waals surface area contributed by atoms with E-state index >= 15 is 0 Å². The number of nitrogens with one attached hydrogen (secondary N) is 2. The quantitative estimate of drug-likeness (QED) is 0.623. The minimum atomic E-state index is -0.541. The number of nitro groups is 1. The molecule has 7 nitrogen and oxygen atoms in total. The Balaban J connectivity index is 2.01. The van der Waals surface area contributed by atoms with Crippen LogP contribution in [0.15, 0.2) is 42.5 Å². The third kappa shape index (κ3) is 4.41. The van der Waals surface area contributed by atoms with Crippen LogP contribution in [0.5, 0.6) is 0 Å². The third-order valence-corrected chi connectivity index (χ3v) is 3.83. The summed E-state index contributed by atoms with van der Waals surface area (Å²) in [7, 11) is 0. The number of nitro benzene ring substituents is 1. The Bertz CT molecular complexity index is 818. The molecule has 0 spiro atoms. The number of aryl methyl sites for hydroxylation is 1. The van der Waals surface area contributed by atoms with Gasteiger partial charge in [-0.05, 0) is 31.0 Å². The standard InChI is InChI=1S/C18H19N3O4/c1-3-13-7-4-5-9-15(13)20-17(22)11-19-18(23)14-8-6-10-16(12(14)2)21(24)25/h4-10H,3,11H2,1-2H3,(H,19,23)(H,20,22). The molecule has 7 heteroatoms. The molecule has 0 aromatic heterocycles. The van der Waals surface area contributed by atoms with Crippen molar-refractivity contribution >= 4 is 23.2 Å². The number of para-hydroxylation sites is 1. The summed E-state index contributed by atoms with van der Waals surface area (Å²) in [6.07, 6.45) is 0.774. The van der Waals surface area contributed by atoms with Gasteiger partial charge in [-0.2, -0.15) is 0 Å². The van der Waals surface area contributed by atoms with Gasteiger partial charge in [0.15, 0.2) is 0 Å². The molecule has 25 heavy (non-hydrogen) atoms. The number of anilines is 1. The van der Waals surface area contributed by atoms with E-state index in [9.17, 15) is 19.7 Å². The Hall–Kier alpha value is -3.22. The molecule has 130 valence electrons. The zero-order valence-electron chi connectivity index (χ0n) is 14.0.